The van der Waals surface area contributed by atoms with E-state index in [9.17, 15) is 13.2 Å². The van der Waals surface area contributed by atoms with Gasteiger partial charge in [-0.1, -0.05) is 74.0 Å². The summed E-state index contributed by atoms with van der Waals surface area (Å²) in [6, 6.07) is 17.0. The van der Waals surface area contributed by atoms with Crippen molar-refractivity contribution in [2.24, 2.45) is 0 Å². The first-order valence-corrected chi connectivity index (χ1v) is 11.7. The van der Waals surface area contributed by atoms with Crippen LogP contribution in [0.25, 0.3) is 0 Å². The van der Waals surface area contributed by atoms with Crippen LogP contribution in [0.4, 0.5) is 0 Å². The molecule has 0 spiro atoms. The number of carbonyl (C=O) groups is 1. The van der Waals surface area contributed by atoms with E-state index in [1.54, 1.807) is 24.3 Å². The molecule has 2 rings (SSSR count). The minimum absolute atomic E-state index is 0.0514. The molecule has 2 aromatic carbocycles. The lowest BCUT2D eigenvalue weighted by Crippen LogP contribution is -2.44. The Kier molecular flexibility index (Phi) is 7.86. The van der Waals surface area contributed by atoms with Crippen molar-refractivity contribution in [2.75, 3.05) is 12.8 Å². The number of sulfonamides is 1. The maximum absolute atomic E-state index is 12.6. The highest BCUT2D eigenvalue weighted by Gasteiger charge is 2.26. The van der Waals surface area contributed by atoms with Gasteiger partial charge in [-0.05, 0) is 36.0 Å². The number of rotatable bonds is 9. The Morgan fingerprint density at radius 3 is 2.28 bits per heavy atom. The molecule has 0 heterocycles. The van der Waals surface area contributed by atoms with Gasteiger partial charge < -0.3 is 5.32 Å². The van der Waals surface area contributed by atoms with Gasteiger partial charge in [0, 0.05) is 17.6 Å². The fourth-order valence-electron chi connectivity index (χ4n) is 3.41. The Morgan fingerprint density at radius 2 is 1.69 bits per heavy atom. The monoisotopic (exact) mass is 436 g/mol. The van der Waals surface area contributed by atoms with Crippen molar-refractivity contribution in [3.05, 3.63) is 70.7 Å². The molecule has 29 heavy (non-hydrogen) atoms. The van der Waals surface area contributed by atoms with Gasteiger partial charge in [0.05, 0.1) is 12.8 Å². The smallest absolute Gasteiger partial charge is 0.235 e. The van der Waals surface area contributed by atoms with Gasteiger partial charge in [0.25, 0.3) is 0 Å². The van der Waals surface area contributed by atoms with Gasteiger partial charge in [-0.15, -0.1) is 0 Å². The van der Waals surface area contributed by atoms with E-state index in [2.05, 4.69) is 31.3 Å². The third kappa shape index (κ3) is 7.14. The minimum atomic E-state index is -3.57. The molecule has 1 atom stereocenters. The molecule has 158 valence electrons. The average Bonchev–Trinajstić information content (AvgIpc) is 2.62. The van der Waals surface area contributed by atoms with Gasteiger partial charge in [0.1, 0.15) is 0 Å². The second-order valence-corrected chi connectivity index (χ2v) is 10.4. The second kappa shape index (κ2) is 9.74. The molecule has 0 fully saturated rings. The Bertz CT molecular complexity index is 930. The number of nitrogens with one attached hydrogen (secondary N) is 1. The molecular weight excluding hydrogens is 408 g/mol. The predicted molar refractivity (Wildman–Crippen MR) is 118 cm³/mol. The van der Waals surface area contributed by atoms with E-state index in [1.165, 1.54) is 5.56 Å². The number of benzene rings is 2. The average molecular weight is 437 g/mol. The van der Waals surface area contributed by atoms with Gasteiger partial charge >= 0.3 is 0 Å². The zero-order chi connectivity index (χ0) is 21.7. The molecule has 5 nitrogen and oxygen atoms in total. The third-order valence-corrected chi connectivity index (χ3v) is 6.44. The summed E-state index contributed by atoms with van der Waals surface area (Å²) in [6.45, 7) is 5.99. The lowest BCUT2D eigenvalue weighted by molar-refractivity contribution is -0.122. The zero-order valence-corrected chi connectivity index (χ0v) is 18.9. The van der Waals surface area contributed by atoms with Gasteiger partial charge in [0.2, 0.25) is 15.9 Å². The highest BCUT2D eigenvalue weighted by atomic mass is 35.5. The topological polar surface area (TPSA) is 66.5 Å². The summed E-state index contributed by atoms with van der Waals surface area (Å²) >= 11 is 6.15. The van der Waals surface area contributed by atoms with E-state index < -0.39 is 10.0 Å². The standard InChI is InChI=1S/C22H29ClN2O3S/c1-17(14-22(2,3)19-11-6-5-7-12-19)24-21(26)16-25(29(4,27)28)15-18-10-8-9-13-20(18)23/h5-13,17H,14-16H2,1-4H3,(H,24,26). The second-order valence-electron chi connectivity index (χ2n) is 8.05. The highest BCUT2D eigenvalue weighted by molar-refractivity contribution is 7.88. The molecule has 1 unspecified atom stereocenters. The number of amides is 1. The van der Waals surface area contributed by atoms with Gasteiger partial charge in [0.15, 0.2) is 0 Å². The van der Waals surface area contributed by atoms with Crippen LogP contribution in [0.15, 0.2) is 54.6 Å². The van der Waals surface area contributed by atoms with Crippen molar-refractivity contribution in [1.29, 1.82) is 0 Å². The van der Waals surface area contributed by atoms with Crippen LogP contribution in [0.1, 0.15) is 38.3 Å². The molecule has 1 N–H and O–H groups in total. The summed E-state index contributed by atoms with van der Waals surface area (Å²) in [5.41, 5.74) is 1.73. The summed E-state index contributed by atoms with van der Waals surface area (Å²) in [6.07, 6.45) is 1.82. The number of carbonyl (C=O) groups excluding carboxylic acids is 1. The molecule has 0 aromatic heterocycles. The lowest BCUT2D eigenvalue weighted by Gasteiger charge is -2.29. The van der Waals surface area contributed by atoms with Crippen molar-refractivity contribution in [2.45, 2.75) is 45.2 Å². The Morgan fingerprint density at radius 1 is 1.10 bits per heavy atom. The van der Waals surface area contributed by atoms with Crippen LogP contribution in [-0.4, -0.2) is 37.5 Å². The van der Waals surface area contributed by atoms with Crippen LogP contribution in [0.2, 0.25) is 5.02 Å². The molecule has 0 saturated heterocycles. The number of hydrogen-bond donors (Lipinski definition) is 1. The van der Waals surface area contributed by atoms with Crippen LogP contribution in [0, 0.1) is 0 Å². The summed E-state index contributed by atoms with van der Waals surface area (Å²) < 4.78 is 25.5. The van der Waals surface area contributed by atoms with E-state index in [0.717, 1.165) is 17.0 Å². The van der Waals surface area contributed by atoms with Crippen molar-refractivity contribution in [1.82, 2.24) is 9.62 Å². The maximum Gasteiger partial charge on any atom is 0.235 e. The van der Waals surface area contributed by atoms with E-state index in [0.29, 0.717) is 10.6 Å². The van der Waals surface area contributed by atoms with E-state index in [1.807, 2.05) is 25.1 Å². The van der Waals surface area contributed by atoms with Crippen LogP contribution in [-0.2, 0) is 26.8 Å². The molecular formula is C22H29ClN2O3S. The Hall–Kier alpha value is -1.89. The van der Waals surface area contributed by atoms with Crippen molar-refractivity contribution in [3.8, 4) is 0 Å². The molecule has 7 heteroatoms. The first kappa shape index (κ1) is 23.4. The fourth-order valence-corrected chi connectivity index (χ4v) is 4.33. The van der Waals surface area contributed by atoms with Gasteiger partial charge in [-0.3, -0.25) is 4.79 Å². The molecule has 1 amide bonds. The van der Waals surface area contributed by atoms with E-state index in [-0.39, 0.29) is 30.5 Å². The Balaban J connectivity index is 2.01. The van der Waals surface area contributed by atoms with E-state index in [4.69, 9.17) is 11.6 Å². The summed E-state index contributed by atoms with van der Waals surface area (Å²) in [5, 5.41) is 3.40. The normalized spacial score (nSPS) is 13.3. The maximum atomic E-state index is 12.6. The quantitative estimate of drug-likeness (QED) is 0.646. The number of nitrogens with zero attached hydrogens (tertiary/aromatic N) is 1. The SMILES string of the molecule is CC(CC(C)(C)c1ccccc1)NC(=O)CN(Cc1ccccc1Cl)S(C)(=O)=O. The van der Waals surface area contributed by atoms with Crippen LogP contribution in [0.3, 0.4) is 0 Å². The minimum Gasteiger partial charge on any atom is -0.352 e. The molecule has 0 aliphatic heterocycles. The largest absolute Gasteiger partial charge is 0.352 e. The van der Waals surface area contributed by atoms with Crippen molar-refractivity contribution < 1.29 is 13.2 Å². The number of hydrogen-bond acceptors (Lipinski definition) is 3. The molecule has 2 aromatic rings. The highest BCUT2D eigenvalue weighted by Crippen LogP contribution is 2.28. The fraction of sp³-hybridized carbons (Fsp3) is 0.409. The summed E-state index contributed by atoms with van der Waals surface area (Å²) in [5.74, 6) is -0.334. The molecule has 0 bridgehead atoms. The molecule has 0 aliphatic carbocycles. The number of halogens is 1. The van der Waals surface area contributed by atoms with Crippen LogP contribution in [0.5, 0.6) is 0 Å². The van der Waals surface area contributed by atoms with Gasteiger partial charge in [-0.2, -0.15) is 4.31 Å². The van der Waals surface area contributed by atoms with Crippen molar-refractivity contribution >= 4 is 27.5 Å². The summed E-state index contributed by atoms with van der Waals surface area (Å²) in [4.78, 5) is 12.6. The van der Waals surface area contributed by atoms with Crippen molar-refractivity contribution in [3.63, 3.8) is 0 Å². The summed E-state index contributed by atoms with van der Waals surface area (Å²) in [7, 11) is -3.57. The molecule has 0 aliphatic rings. The first-order chi connectivity index (χ1) is 13.5. The van der Waals surface area contributed by atoms with Crippen LogP contribution >= 0.6 is 11.6 Å². The zero-order valence-electron chi connectivity index (χ0n) is 17.4. The predicted octanol–water partition coefficient (Wildman–Crippen LogP) is 3.97. The van der Waals surface area contributed by atoms with Gasteiger partial charge in [-0.25, -0.2) is 8.42 Å². The third-order valence-electron chi connectivity index (χ3n) is 4.87. The first-order valence-electron chi connectivity index (χ1n) is 9.52. The molecule has 0 saturated carbocycles. The van der Waals surface area contributed by atoms with E-state index >= 15 is 0 Å². The van der Waals surface area contributed by atoms with Crippen LogP contribution < -0.4 is 5.32 Å². The Labute approximate surface area is 179 Å². The molecule has 0 radical (unpaired) electrons. The lowest BCUT2D eigenvalue weighted by atomic mass is 9.79.